The van der Waals surface area contributed by atoms with Gasteiger partial charge in [0.15, 0.2) is 5.96 Å². The Kier molecular flexibility index (Phi) is 7.91. The van der Waals surface area contributed by atoms with Gasteiger partial charge < -0.3 is 24.8 Å². The van der Waals surface area contributed by atoms with Crippen molar-refractivity contribution in [2.45, 2.75) is 26.3 Å². The smallest absolute Gasteiger partial charge is 0.194 e. The first kappa shape index (κ1) is 20.9. The number of hydrogen-bond acceptors (Lipinski definition) is 5. The van der Waals surface area contributed by atoms with Gasteiger partial charge in [-0.15, -0.1) is 0 Å². The van der Waals surface area contributed by atoms with E-state index in [9.17, 15) is 0 Å². The van der Waals surface area contributed by atoms with Crippen LogP contribution < -0.4 is 10.2 Å². The quantitative estimate of drug-likeness (QED) is 0.394. The Morgan fingerprint density at radius 3 is 2.82 bits per heavy atom. The highest BCUT2D eigenvalue weighted by Crippen LogP contribution is 2.28. The molecule has 2 heterocycles. The molecule has 28 heavy (non-hydrogen) atoms. The van der Waals surface area contributed by atoms with E-state index in [2.05, 4.69) is 58.2 Å². The van der Waals surface area contributed by atoms with Crippen LogP contribution in [0.1, 0.15) is 25.3 Å². The van der Waals surface area contributed by atoms with Crippen LogP contribution in [-0.2, 0) is 11.3 Å². The summed E-state index contributed by atoms with van der Waals surface area (Å²) in [5.41, 5.74) is 1.19. The van der Waals surface area contributed by atoms with Crippen molar-refractivity contribution in [2.24, 2.45) is 10.9 Å². The summed E-state index contributed by atoms with van der Waals surface area (Å²) < 4.78 is 5.77. The highest BCUT2D eigenvalue weighted by molar-refractivity contribution is 5.79. The number of piperazine rings is 1. The van der Waals surface area contributed by atoms with Crippen LogP contribution in [0.2, 0.25) is 0 Å². The average molecular weight is 389 g/mol. The lowest BCUT2D eigenvalue weighted by molar-refractivity contribution is 0.115. The van der Waals surface area contributed by atoms with Gasteiger partial charge in [-0.3, -0.25) is 0 Å². The number of aromatic nitrogens is 1. The number of likely N-dealkylation sites (N-methyl/N-ethyl adjacent to an activating group) is 2. The number of nitrogens with one attached hydrogen (secondary N) is 1. The molecule has 2 fully saturated rings. The fourth-order valence-corrected chi connectivity index (χ4v) is 3.25. The third kappa shape index (κ3) is 6.63. The second-order valence-electron chi connectivity index (χ2n) is 7.92. The van der Waals surface area contributed by atoms with Gasteiger partial charge in [-0.2, -0.15) is 0 Å². The molecule has 0 bridgehead atoms. The van der Waals surface area contributed by atoms with Crippen molar-refractivity contribution in [1.82, 2.24) is 20.1 Å². The third-order valence-corrected chi connectivity index (χ3v) is 5.37. The number of rotatable bonds is 9. The minimum atomic E-state index is 0.652. The Balaban J connectivity index is 1.53. The molecular weight excluding hydrogens is 352 g/mol. The molecule has 7 heteroatoms. The molecule has 7 nitrogen and oxygen atoms in total. The number of pyridine rings is 1. The molecule has 1 N–H and O–H groups in total. The lowest BCUT2D eigenvalue weighted by atomic mass is 10.2. The van der Waals surface area contributed by atoms with Crippen LogP contribution >= 0.6 is 0 Å². The Morgan fingerprint density at radius 1 is 1.32 bits per heavy atom. The molecule has 156 valence electrons. The third-order valence-electron chi connectivity index (χ3n) is 5.37. The van der Waals surface area contributed by atoms with Crippen molar-refractivity contribution in [2.75, 3.05) is 71.5 Å². The first-order valence-electron chi connectivity index (χ1n) is 10.6. The number of guanidine groups is 1. The molecule has 1 aromatic heterocycles. The fourth-order valence-electron chi connectivity index (χ4n) is 3.25. The molecule has 0 aromatic carbocycles. The standard InChI is InChI=1S/C21H36N6O/c1-4-22-21(26(3)13-14-28-17-18-5-6-18)24-16-19-7-8-23-20(15-19)27-11-9-25(2)10-12-27/h7-8,15,18H,4-6,9-14,16-17H2,1-3H3,(H,22,24). The van der Waals surface area contributed by atoms with Gasteiger partial charge in [-0.25, -0.2) is 9.98 Å². The van der Waals surface area contributed by atoms with Crippen LogP contribution in [0.3, 0.4) is 0 Å². The van der Waals surface area contributed by atoms with E-state index in [0.29, 0.717) is 6.54 Å². The SMILES string of the molecule is CCNC(=NCc1ccnc(N2CCN(C)CC2)c1)N(C)CCOCC1CC1. The van der Waals surface area contributed by atoms with E-state index >= 15 is 0 Å². The van der Waals surface area contributed by atoms with Gasteiger partial charge in [0.25, 0.3) is 0 Å². The Hall–Kier alpha value is -1.86. The number of aliphatic imine (C=N–C) groups is 1. The van der Waals surface area contributed by atoms with E-state index in [1.54, 1.807) is 0 Å². The summed E-state index contributed by atoms with van der Waals surface area (Å²) in [5, 5.41) is 3.39. The Morgan fingerprint density at radius 2 is 2.11 bits per heavy atom. The predicted octanol–water partition coefficient (Wildman–Crippen LogP) is 1.66. The molecule has 2 aliphatic rings. The minimum Gasteiger partial charge on any atom is -0.379 e. The Bertz CT molecular complexity index is 625. The zero-order valence-electron chi connectivity index (χ0n) is 17.7. The van der Waals surface area contributed by atoms with Gasteiger partial charge in [0.2, 0.25) is 0 Å². The lowest BCUT2D eigenvalue weighted by Crippen LogP contribution is -2.44. The van der Waals surface area contributed by atoms with Crippen LogP contribution in [-0.4, -0.2) is 87.3 Å². The Labute approximate surface area is 169 Å². The van der Waals surface area contributed by atoms with E-state index in [0.717, 1.165) is 70.2 Å². The number of hydrogen-bond donors (Lipinski definition) is 1. The summed E-state index contributed by atoms with van der Waals surface area (Å²) in [6.45, 7) is 10.4. The van der Waals surface area contributed by atoms with Crippen LogP contribution in [0.25, 0.3) is 0 Å². The van der Waals surface area contributed by atoms with Gasteiger partial charge in [0.05, 0.1) is 13.2 Å². The molecule has 3 rings (SSSR count). The van der Waals surface area contributed by atoms with Gasteiger partial charge in [-0.05, 0) is 50.4 Å². The summed E-state index contributed by atoms with van der Waals surface area (Å²) in [6, 6.07) is 4.24. The van der Waals surface area contributed by atoms with Crippen LogP contribution in [0.5, 0.6) is 0 Å². The maximum Gasteiger partial charge on any atom is 0.194 e. The predicted molar refractivity (Wildman–Crippen MR) is 115 cm³/mol. The molecule has 0 unspecified atom stereocenters. The molecule has 1 aliphatic heterocycles. The van der Waals surface area contributed by atoms with Gasteiger partial charge in [0.1, 0.15) is 5.82 Å². The van der Waals surface area contributed by atoms with Crippen molar-refractivity contribution in [3.05, 3.63) is 23.9 Å². The van der Waals surface area contributed by atoms with Crippen molar-refractivity contribution in [3.63, 3.8) is 0 Å². The molecular formula is C21H36N6O. The second-order valence-corrected chi connectivity index (χ2v) is 7.92. The van der Waals surface area contributed by atoms with E-state index in [-0.39, 0.29) is 0 Å². The van der Waals surface area contributed by atoms with Gasteiger partial charge in [0, 0.05) is 59.1 Å². The van der Waals surface area contributed by atoms with E-state index in [4.69, 9.17) is 9.73 Å². The summed E-state index contributed by atoms with van der Waals surface area (Å²) in [7, 11) is 4.25. The average Bonchev–Trinajstić information content (AvgIpc) is 3.53. The largest absolute Gasteiger partial charge is 0.379 e. The molecule has 0 radical (unpaired) electrons. The maximum absolute atomic E-state index is 5.77. The van der Waals surface area contributed by atoms with E-state index < -0.39 is 0 Å². The van der Waals surface area contributed by atoms with E-state index in [1.807, 2.05) is 6.20 Å². The summed E-state index contributed by atoms with van der Waals surface area (Å²) in [4.78, 5) is 16.3. The number of nitrogens with zero attached hydrogens (tertiary/aromatic N) is 5. The molecule has 1 saturated heterocycles. The monoisotopic (exact) mass is 388 g/mol. The van der Waals surface area contributed by atoms with Crippen LogP contribution in [0.4, 0.5) is 5.82 Å². The molecule has 1 aliphatic carbocycles. The van der Waals surface area contributed by atoms with Gasteiger partial charge in [-0.1, -0.05) is 0 Å². The molecule has 0 spiro atoms. The van der Waals surface area contributed by atoms with Crippen molar-refractivity contribution >= 4 is 11.8 Å². The normalized spacial score (nSPS) is 18.4. The number of ether oxygens (including phenoxy) is 1. The highest BCUT2D eigenvalue weighted by Gasteiger charge is 2.21. The zero-order valence-corrected chi connectivity index (χ0v) is 17.7. The first-order valence-corrected chi connectivity index (χ1v) is 10.6. The topological polar surface area (TPSA) is 56.2 Å². The molecule has 0 amide bonds. The number of anilines is 1. The lowest BCUT2D eigenvalue weighted by Gasteiger charge is -2.33. The van der Waals surface area contributed by atoms with Crippen LogP contribution in [0.15, 0.2) is 23.3 Å². The first-order chi connectivity index (χ1) is 13.7. The van der Waals surface area contributed by atoms with E-state index in [1.165, 1.54) is 18.4 Å². The van der Waals surface area contributed by atoms with Crippen LogP contribution in [0, 0.1) is 5.92 Å². The zero-order chi connectivity index (χ0) is 19.8. The summed E-state index contributed by atoms with van der Waals surface area (Å²) in [6.07, 6.45) is 4.57. The van der Waals surface area contributed by atoms with Crippen molar-refractivity contribution < 1.29 is 4.74 Å². The summed E-state index contributed by atoms with van der Waals surface area (Å²) >= 11 is 0. The second kappa shape index (κ2) is 10.6. The molecule has 1 saturated carbocycles. The maximum atomic E-state index is 5.77. The minimum absolute atomic E-state index is 0.652. The molecule has 1 aromatic rings. The summed E-state index contributed by atoms with van der Waals surface area (Å²) in [5.74, 6) is 2.80. The molecule has 0 atom stereocenters. The van der Waals surface area contributed by atoms with Crippen molar-refractivity contribution in [3.8, 4) is 0 Å². The van der Waals surface area contributed by atoms with Gasteiger partial charge >= 0.3 is 0 Å². The fraction of sp³-hybridized carbons (Fsp3) is 0.714. The van der Waals surface area contributed by atoms with Crippen molar-refractivity contribution in [1.29, 1.82) is 0 Å². The highest BCUT2D eigenvalue weighted by atomic mass is 16.5.